The number of hydrogen-bond donors (Lipinski definition) is 1. The molecule has 4 rings (SSSR count). The molecular weight excluding hydrogens is 380 g/mol. The molecule has 1 N–H and O–H groups in total. The SMILES string of the molecule is C=C1[C@@]2(C)C[C@H]3[C@]4(C)CC[C@@H](O)C(C)(C)[C@H]4CC[C@]3(C)[C@]1(C(=O)OC)C(=O)CC2=O. The van der Waals surface area contributed by atoms with Crippen LogP contribution in [-0.2, 0) is 19.1 Å². The normalized spacial score (nSPS) is 49.8. The maximum atomic E-state index is 13.6. The molecular formula is C25H36O5. The average molecular weight is 417 g/mol. The Morgan fingerprint density at radius 2 is 1.67 bits per heavy atom. The Balaban J connectivity index is 1.97. The van der Waals surface area contributed by atoms with Crippen LogP contribution >= 0.6 is 0 Å². The monoisotopic (exact) mass is 416 g/mol. The molecule has 2 bridgehead atoms. The molecule has 0 saturated heterocycles. The number of Topliss-reactive ketones (excluding diaryl/α,β-unsaturated/α-hetero) is 2. The van der Waals surface area contributed by atoms with Crippen molar-refractivity contribution in [3.05, 3.63) is 12.2 Å². The van der Waals surface area contributed by atoms with Crippen LogP contribution in [0.3, 0.4) is 0 Å². The van der Waals surface area contributed by atoms with Crippen LogP contribution in [-0.4, -0.2) is 35.9 Å². The fourth-order valence-corrected chi connectivity index (χ4v) is 8.60. The van der Waals surface area contributed by atoms with Crippen LogP contribution in [0.15, 0.2) is 12.2 Å². The van der Waals surface area contributed by atoms with Gasteiger partial charge in [-0.1, -0.05) is 34.3 Å². The van der Waals surface area contributed by atoms with E-state index < -0.39 is 22.2 Å². The summed E-state index contributed by atoms with van der Waals surface area (Å²) < 4.78 is 5.26. The summed E-state index contributed by atoms with van der Waals surface area (Å²) in [5, 5.41) is 10.8. The maximum Gasteiger partial charge on any atom is 0.324 e. The highest BCUT2D eigenvalue weighted by molar-refractivity contribution is 6.20. The minimum absolute atomic E-state index is 0.0154. The Hall–Kier alpha value is -1.49. The number of carbonyl (C=O) groups excluding carboxylic acids is 3. The molecule has 0 aromatic carbocycles. The minimum atomic E-state index is -1.47. The van der Waals surface area contributed by atoms with E-state index in [1.54, 1.807) is 0 Å². The Bertz CT molecular complexity index is 858. The molecule has 4 aliphatic carbocycles. The van der Waals surface area contributed by atoms with Crippen molar-refractivity contribution >= 4 is 17.5 Å². The van der Waals surface area contributed by atoms with E-state index in [0.717, 1.165) is 12.8 Å². The minimum Gasteiger partial charge on any atom is -0.468 e. The van der Waals surface area contributed by atoms with Crippen LogP contribution in [0.1, 0.15) is 73.1 Å². The number of aliphatic hydroxyl groups is 1. The van der Waals surface area contributed by atoms with Crippen molar-refractivity contribution in [2.24, 2.45) is 38.9 Å². The van der Waals surface area contributed by atoms with Gasteiger partial charge in [-0.2, -0.15) is 0 Å². The van der Waals surface area contributed by atoms with Crippen LogP contribution < -0.4 is 0 Å². The Labute approximate surface area is 179 Å². The summed E-state index contributed by atoms with van der Waals surface area (Å²) >= 11 is 0. The van der Waals surface area contributed by atoms with E-state index >= 15 is 0 Å². The first-order chi connectivity index (χ1) is 13.7. The summed E-state index contributed by atoms with van der Waals surface area (Å²) in [6.45, 7) is 14.7. The van der Waals surface area contributed by atoms with Gasteiger partial charge in [-0.15, -0.1) is 0 Å². The zero-order chi connectivity index (χ0) is 22.5. The lowest BCUT2D eigenvalue weighted by Crippen LogP contribution is -2.72. The van der Waals surface area contributed by atoms with Gasteiger partial charge >= 0.3 is 5.97 Å². The first-order valence-electron chi connectivity index (χ1n) is 11.3. The number of methoxy groups -OCH3 is 1. The third kappa shape index (κ3) is 2.11. The number of aliphatic hydroxyl groups excluding tert-OH is 1. The molecule has 30 heavy (non-hydrogen) atoms. The van der Waals surface area contributed by atoms with Crippen molar-refractivity contribution in [1.82, 2.24) is 0 Å². The van der Waals surface area contributed by atoms with Gasteiger partial charge < -0.3 is 9.84 Å². The average Bonchev–Trinajstić information content (AvgIpc) is 2.66. The van der Waals surface area contributed by atoms with Gasteiger partial charge in [0.15, 0.2) is 11.2 Å². The smallest absolute Gasteiger partial charge is 0.324 e. The second-order valence-corrected chi connectivity index (χ2v) is 11.7. The van der Waals surface area contributed by atoms with Crippen LogP contribution in [0.25, 0.3) is 0 Å². The Kier molecular flexibility index (Phi) is 4.39. The first kappa shape index (κ1) is 21.7. The van der Waals surface area contributed by atoms with Gasteiger partial charge in [0.25, 0.3) is 0 Å². The summed E-state index contributed by atoms with van der Waals surface area (Å²) in [6.07, 6.45) is 3.04. The van der Waals surface area contributed by atoms with Crippen molar-refractivity contribution in [1.29, 1.82) is 0 Å². The molecule has 166 valence electrons. The van der Waals surface area contributed by atoms with Gasteiger partial charge in [-0.05, 0) is 72.7 Å². The van der Waals surface area contributed by atoms with Crippen molar-refractivity contribution < 1.29 is 24.2 Å². The zero-order valence-corrected chi connectivity index (χ0v) is 19.3. The lowest BCUT2D eigenvalue weighted by Gasteiger charge is -2.71. The van der Waals surface area contributed by atoms with E-state index in [-0.39, 0.29) is 46.8 Å². The van der Waals surface area contributed by atoms with Crippen LogP contribution in [0.2, 0.25) is 0 Å². The molecule has 4 saturated carbocycles. The van der Waals surface area contributed by atoms with E-state index in [1.807, 2.05) is 6.92 Å². The zero-order valence-electron chi connectivity index (χ0n) is 19.3. The number of ether oxygens (including phenoxy) is 1. The Morgan fingerprint density at radius 3 is 2.27 bits per heavy atom. The lowest BCUT2D eigenvalue weighted by molar-refractivity contribution is -0.223. The fourth-order valence-electron chi connectivity index (χ4n) is 8.60. The summed E-state index contributed by atoms with van der Waals surface area (Å²) in [7, 11) is 1.33. The predicted molar refractivity (Wildman–Crippen MR) is 112 cm³/mol. The summed E-state index contributed by atoms with van der Waals surface area (Å²) in [5.41, 5.74) is -3.03. The Morgan fingerprint density at radius 1 is 1.03 bits per heavy atom. The summed E-state index contributed by atoms with van der Waals surface area (Å²) in [4.78, 5) is 40.1. The number of esters is 1. The van der Waals surface area contributed by atoms with Gasteiger partial charge in [-0.25, -0.2) is 0 Å². The predicted octanol–water partition coefficient (Wildman–Crippen LogP) is 3.87. The second-order valence-electron chi connectivity index (χ2n) is 11.7. The molecule has 0 aromatic rings. The lowest BCUT2D eigenvalue weighted by atomic mass is 9.31. The molecule has 0 aliphatic heterocycles. The van der Waals surface area contributed by atoms with E-state index in [0.29, 0.717) is 24.8 Å². The quantitative estimate of drug-likeness (QED) is 0.399. The van der Waals surface area contributed by atoms with Gasteiger partial charge in [0, 0.05) is 5.41 Å². The van der Waals surface area contributed by atoms with Crippen LogP contribution in [0.4, 0.5) is 0 Å². The third-order valence-corrected chi connectivity index (χ3v) is 10.5. The molecule has 0 aromatic heterocycles. The number of fused-ring (bicyclic) bond motifs is 6. The number of ketones is 2. The largest absolute Gasteiger partial charge is 0.468 e. The molecule has 0 heterocycles. The van der Waals surface area contributed by atoms with E-state index in [1.165, 1.54) is 7.11 Å². The molecule has 7 atom stereocenters. The number of rotatable bonds is 1. The van der Waals surface area contributed by atoms with E-state index in [4.69, 9.17) is 4.74 Å². The fraction of sp³-hybridized carbons (Fsp3) is 0.800. The summed E-state index contributed by atoms with van der Waals surface area (Å²) in [5.74, 6) is -0.785. The maximum absolute atomic E-state index is 13.6. The van der Waals surface area contributed by atoms with Gasteiger partial charge in [0.05, 0.1) is 19.6 Å². The highest BCUT2D eigenvalue weighted by atomic mass is 16.5. The van der Waals surface area contributed by atoms with Gasteiger partial charge in [-0.3, -0.25) is 14.4 Å². The molecule has 0 amide bonds. The second kappa shape index (κ2) is 6.05. The molecule has 4 fully saturated rings. The summed E-state index contributed by atoms with van der Waals surface area (Å²) in [6, 6.07) is 0. The molecule has 5 nitrogen and oxygen atoms in total. The molecule has 5 heteroatoms. The topological polar surface area (TPSA) is 80.7 Å². The van der Waals surface area contributed by atoms with Crippen molar-refractivity contribution in [3.63, 3.8) is 0 Å². The highest BCUT2D eigenvalue weighted by Gasteiger charge is 2.77. The van der Waals surface area contributed by atoms with Gasteiger partial charge in [0.2, 0.25) is 0 Å². The van der Waals surface area contributed by atoms with Crippen molar-refractivity contribution in [2.45, 2.75) is 79.2 Å². The third-order valence-electron chi connectivity index (χ3n) is 10.5. The van der Waals surface area contributed by atoms with Crippen LogP contribution in [0.5, 0.6) is 0 Å². The van der Waals surface area contributed by atoms with Crippen molar-refractivity contribution in [3.8, 4) is 0 Å². The highest BCUT2D eigenvalue weighted by Crippen LogP contribution is 2.76. The number of carbonyl (C=O) groups is 3. The molecule has 0 spiro atoms. The van der Waals surface area contributed by atoms with Gasteiger partial charge in [0.1, 0.15) is 5.78 Å². The van der Waals surface area contributed by atoms with E-state index in [9.17, 15) is 19.5 Å². The first-order valence-corrected chi connectivity index (χ1v) is 11.3. The number of hydrogen-bond acceptors (Lipinski definition) is 5. The molecule has 0 unspecified atom stereocenters. The standard InChI is InChI=1S/C25H36O5/c1-14-23(5)13-16-22(4)10-9-17(26)21(2,3)15(22)8-11-24(16,6)25(14,20(29)30-7)19(28)12-18(23)27/h15-17,26H,1,8-13H2,2-7H3/t15-,16+,17-,22-,23-,24+,25+/m1/s1. The molecule has 0 radical (unpaired) electrons. The van der Waals surface area contributed by atoms with Crippen molar-refractivity contribution in [2.75, 3.05) is 7.11 Å². The van der Waals surface area contributed by atoms with Crippen LogP contribution in [0, 0.1) is 38.9 Å². The molecule has 4 aliphatic rings. The van der Waals surface area contributed by atoms with E-state index in [2.05, 4.69) is 34.3 Å².